The van der Waals surface area contributed by atoms with Crippen LogP contribution in [0.1, 0.15) is 25.7 Å². The van der Waals surface area contributed by atoms with Crippen molar-refractivity contribution in [2.24, 2.45) is 5.41 Å². The predicted octanol–water partition coefficient (Wildman–Crippen LogP) is 2.68. The maximum atomic E-state index is 12.6. The Labute approximate surface area is 84.9 Å². The van der Waals surface area contributed by atoms with Crippen LogP contribution >= 0.6 is 10.7 Å². The molecule has 0 aromatic heterocycles. The van der Waals surface area contributed by atoms with Crippen molar-refractivity contribution in [3.63, 3.8) is 0 Å². The largest absolute Gasteiger partial charge is 0.395 e. The van der Waals surface area contributed by atoms with Crippen LogP contribution in [0.15, 0.2) is 0 Å². The summed E-state index contributed by atoms with van der Waals surface area (Å²) >= 11 is 0. The van der Waals surface area contributed by atoms with Crippen molar-refractivity contribution in [2.45, 2.75) is 31.9 Å². The summed E-state index contributed by atoms with van der Waals surface area (Å²) in [4.78, 5) is 0. The molecule has 0 spiro atoms. The zero-order valence-electron chi connectivity index (χ0n) is 7.27. The number of halogens is 4. The first-order valence-electron chi connectivity index (χ1n) is 4.15. The molecule has 0 radical (unpaired) electrons. The normalized spacial score (nSPS) is 22.6. The molecule has 0 unspecified atom stereocenters. The van der Waals surface area contributed by atoms with Crippen molar-refractivity contribution in [3.8, 4) is 0 Å². The Morgan fingerprint density at radius 2 is 1.64 bits per heavy atom. The molecule has 0 heterocycles. The summed E-state index contributed by atoms with van der Waals surface area (Å²) in [5, 5.41) is 0. The molecule has 0 aromatic carbocycles. The van der Waals surface area contributed by atoms with Crippen LogP contribution in [0.5, 0.6) is 0 Å². The lowest BCUT2D eigenvalue weighted by atomic mass is 9.88. The first-order chi connectivity index (χ1) is 6.16. The Hall–Kier alpha value is 0.0300. The van der Waals surface area contributed by atoms with Gasteiger partial charge in [0.15, 0.2) is 0 Å². The molecule has 7 heteroatoms. The van der Waals surface area contributed by atoms with E-state index in [2.05, 4.69) is 0 Å². The minimum atomic E-state index is -4.48. The van der Waals surface area contributed by atoms with Crippen LogP contribution in [-0.4, -0.2) is 20.3 Å². The highest BCUT2D eigenvalue weighted by Gasteiger charge is 2.57. The van der Waals surface area contributed by atoms with Gasteiger partial charge in [-0.15, -0.1) is 0 Å². The molecule has 1 saturated carbocycles. The van der Waals surface area contributed by atoms with Gasteiger partial charge in [-0.2, -0.15) is 13.2 Å². The summed E-state index contributed by atoms with van der Waals surface area (Å²) in [6.45, 7) is 0. The summed E-state index contributed by atoms with van der Waals surface area (Å²) in [6, 6.07) is 0. The van der Waals surface area contributed by atoms with Crippen LogP contribution in [0.2, 0.25) is 0 Å². The molecule has 0 aromatic rings. The summed E-state index contributed by atoms with van der Waals surface area (Å²) in [5.41, 5.74) is -2.10. The van der Waals surface area contributed by atoms with Crippen molar-refractivity contribution in [3.05, 3.63) is 0 Å². The van der Waals surface area contributed by atoms with Gasteiger partial charge in [0, 0.05) is 10.7 Å². The quantitative estimate of drug-likeness (QED) is 0.706. The maximum absolute atomic E-state index is 12.6. The first-order valence-corrected chi connectivity index (χ1v) is 6.63. The molecule has 1 rings (SSSR count). The summed E-state index contributed by atoms with van der Waals surface area (Å²) < 4.78 is 59.3. The molecular formula is C7H10ClF3O2S. The van der Waals surface area contributed by atoms with E-state index in [0.717, 1.165) is 0 Å². The monoisotopic (exact) mass is 250 g/mol. The highest BCUT2D eigenvalue weighted by Crippen LogP contribution is 2.51. The molecule has 0 bridgehead atoms. The summed E-state index contributed by atoms with van der Waals surface area (Å²) in [7, 11) is 0.784. The predicted molar refractivity (Wildman–Crippen MR) is 46.6 cm³/mol. The van der Waals surface area contributed by atoms with Crippen molar-refractivity contribution in [1.82, 2.24) is 0 Å². The van der Waals surface area contributed by atoms with Gasteiger partial charge in [-0.3, -0.25) is 0 Å². The molecular weight excluding hydrogens is 241 g/mol. The van der Waals surface area contributed by atoms with E-state index in [1.165, 1.54) is 0 Å². The van der Waals surface area contributed by atoms with E-state index in [1.807, 2.05) is 0 Å². The Morgan fingerprint density at radius 3 is 1.93 bits per heavy atom. The van der Waals surface area contributed by atoms with Gasteiger partial charge in [-0.05, 0) is 12.8 Å². The number of alkyl halides is 3. The molecule has 1 aliphatic carbocycles. The fourth-order valence-corrected chi connectivity index (χ4v) is 3.63. The Kier molecular flexibility index (Phi) is 3.07. The van der Waals surface area contributed by atoms with E-state index >= 15 is 0 Å². The average Bonchev–Trinajstić information content (AvgIpc) is 2.31. The smallest absolute Gasteiger partial charge is 0.212 e. The second-order valence-corrected chi connectivity index (χ2v) is 6.45. The van der Waals surface area contributed by atoms with Gasteiger partial charge in [0.25, 0.3) is 0 Å². The van der Waals surface area contributed by atoms with Crippen LogP contribution < -0.4 is 0 Å². The van der Waals surface area contributed by atoms with Crippen molar-refractivity contribution in [1.29, 1.82) is 0 Å². The zero-order chi connectivity index (χ0) is 11.0. The molecule has 0 amide bonds. The minimum Gasteiger partial charge on any atom is -0.212 e. The summed E-state index contributed by atoms with van der Waals surface area (Å²) in [6.07, 6.45) is -3.94. The zero-order valence-corrected chi connectivity index (χ0v) is 8.84. The number of rotatable bonds is 2. The third-order valence-corrected chi connectivity index (χ3v) is 3.84. The standard InChI is InChI=1S/C7H10ClF3O2S/c8-14(12,13)5-6(7(9,10)11)3-1-2-4-6/h1-5H2. The fourth-order valence-electron chi connectivity index (χ4n) is 1.89. The van der Waals surface area contributed by atoms with Gasteiger partial charge in [0.1, 0.15) is 0 Å². The minimum absolute atomic E-state index is 0.136. The van der Waals surface area contributed by atoms with Crippen LogP contribution in [-0.2, 0) is 9.05 Å². The average molecular weight is 251 g/mol. The fraction of sp³-hybridized carbons (Fsp3) is 1.00. The van der Waals surface area contributed by atoms with Gasteiger partial charge in [0.05, 0.1) is 11.2 Å². The van der Waals surface area contributed by atoms with E-state index in [-0.39, 0.29) is 12.8 Å². The van der Waals surface area contributed by atoms with Gasteiger partial charge >= 0.3 is 6.18 Å². The lowest BCUT2D eigenvalue weighted by Gasteiger charge is -2.29. The Morgan fingerprint density at radius 1 is 1.21 bits per heavy atom. The lowest BCUT2D eigenvalue weighted by Crippen LogP contribution is -2.40. The molecule has 0 atom stereocenters. The van der Waals surface area contributed by atoms with Gasteiger partial charge in [-0.1, -0.05) is 12.8 Å². The Balaban J connectivity index is 2.95. The van der Waals surface area contributed by atoms with Crippen LogP contribution in [0.4, 0.5) is 13.2 Å². The molecule has 1 aliphatic rings. The molecule has 84 valence electrons. The number of hydrogen-bond acceptors (Lipinski definition) is 2. The van der Waals surface area contributed by atoms with Crippen molar-refractivity contribution in [2.75, 3.05) is 5.75 Å². The van der Waals surface area contributed by atoms with E-state index < -0.39 is 26.4 Å². The molecule has 0 saturated heterocycles. The molecule has 0 N–H and O–H groups in total. The van der Waals surface area contributed by atoms with Crippen molar-refractivity contribution < 1.29 is 21.6 Å². The lowest BCUT2D eigenvalue weighted by molar-refractivity contribution is -0.213. The van der Waals surface area contributed by atoms with E-state index in [0.29, 0.717) is 12.8 Å². The van der Waals surface area contributed by atoms with Gasteiger partial charge < -0.3 is 0 Å². The van der Waals surface area contributed by atoms with Crippen molar-refractivity contribution >= 4 is 19.7 Å². The van der Waals surface area contributed by atoms with Crippen LogP contribution in [0.3, 0.4) is 0 Å². The van der Waals surface area contributed by atoms with E-state index in [4.69, 9.17) is 10.7 Å². The van der Waals surface area contributed by atoms with E-state index in [9.17, 15) is 21.6 Å². The van der Waals surface area contributed by atoms with Crippen LogP contribution in [0, 0.1) is 5.41 Å². The molecule has 1 fully saturated rings. The highest BCUT2D eigenvalue weighted by molar-refractivity contribution is 8.13. The molecule has 2 nitrogen and oxygen atoms in total. The Bertz CT molecular complexity index is 303. The number of hydrogen-bond donors (Lipinski definition) is 0. The third kappa shape index (κ3) is 2.53. The molecule has 0 aliphatic heterocycles. The van der Waals surface area contributed by atoms with Crippen LogP contribution in [0.25, 0.3) is 0 Å². The maximum Gasteiger partial charge on any atom is 0.395 e. The van der Waals surface area contributed by atoms with E-state index in [1.54, 1.807) is 0 Å². The summed E-state index contributed by atoms with van der Waals surface area (Å²) in [5.74, 6) is -0.995. The SMILES string of the molecule is O=S(=O)(Cl)CC1(C(F)(F)F)CCCC1. The van der Waals surface area contributed by atoms with Gasteiger partial charge in [0.2, 0.25) is 9.05 Å². The second-order valence-electron chi connectivity index (χ2n) is 3.67. The molecule has 14 heavy (non-hydrogen) atoms. The topological polar surface area (TPSA) is 34.1 Å². The highest BCUT2D eigenvalue weighted by atomic mass is 35.7. The first kappa shape index (κ1) is 12.1. The second kappa shape index (κ2) is 3.56. The third-order valence-electron chi connectivity index (χ3n) is 2.61. The van der Waals surface area contributed by atoms with Gasteiger partial charge in [-0.25, -0.2) is 8.42 Å².